The van der Waals surface area contributed by atoms with Crippen LogP contribution in [0.25, 0.3) is 0 Å². The minimum Gasteiger partial charge on any atom is -0.444 e. The first-order chi connectivity index (χ1) is 12.1. The molecule has 2 rings (SSSR count). The minimum atomic E-state index is -0.501. The Morgan fingerprint density at radius 1 is 1.38 bits per heavy atom. The Kier molecular flexibility index (Phi) is 6.71. The van der Waals surface area contributed by atoms with Gasteiger partial charge in [-0.15, -0.1) is 0 Å². The van der Waals surface area contributed by atoms with Gasteiger partial charge in [0.25, 0.3) is 5.91 Å². The standard InChI is InChI=1S/C18H29BrN4O3/c1-11(2)14-13(19)15(22-21-14)16(24)20-9-6-10-23(12-7-8-12)17(25)26-18(3,4)5/h11-12H,6-10H2,1-5H3,(H,20,24)(H,21,22). The summed E-state index contributed by atoms with van der Waals surface area (Å²) in [6.07, 6.45) is 2.43. The number of halogens is 1. The molecule has 1 aliphatic carbocycles. The molecule has 1 aromatic heterocycles. The van der Waals surface area contributed by atoms with Gasteiger partial charge < -0.3 is 15.0 Å². The van der Waals surface area contributed by atoms with Crippen LogP contribution in [0.5, 0.6) is 0 Å². The predicted octanol–water partition coefficient (Wildman–Crippen LogP) is 3.82. The van der Waals surface area contributed by atoms with Gasteiger partial charge in [-0.2, -0.15) is 5.10 Å². The molecule has 1 saturated carbocycles. The van der Waals surface area contributed by atoms with Crippen molar-refractivity contribution >= 4 is 27.9 Å². The Hall–Kier alpha value is -1.57. The smallest absolute Gasteiger partial charge is 0.410 e. The molecule has 8 heteroatoms. The maximum atomic E-state index is 12.3. The molecule has 1 aromatic rings. The van der Waals surface area contributed by atoms with Crippen LogP contribution in [0.15, 0.2) is 4.47 Å². The third-order valence-corrected chi connectivity index (χ3v) is 4.80. The normalized spacial score (nSPS) is 14.4. The van der Waals surface area contributed by atoms with Crippen molar-refractivity contribution in [2.75, 3.05) is 13.1 Å². The average molecular weight is 429 g/mol. The van der Waals surface area contributed by atoms with E-state index >= 15 is 0 Å². The maximum Gasteiger partial charge on any atom is 0.410 e. The number of nitrogens with one attached hydrogen (secondary N) is 2. The molecule has 1 heterocycles. The number of aromatic amines is 1. The topological polar surface area (TPSA) is 87.3 Å². The molecule has 0 atom stereocenters. The lowest BCUT2D eigenvalue weighted by molar-refractivity contribution is 0.0232. The lowest BCUT2D eigenvalue weighted by atomic mass is 10.1. The fraction of sp³-hybridized carbons (Fsp3) is 0.722. The van der Waals surface area contributed by atoms with Crippen molar-refractivity contribution in [2.24, 2.45) is 0 Å². The average Bonchev–Trinajstić information content (AvgIpc) is 3.26. The molecule has 1 aliphatic rings. The Morgan fingerprint density at radius 3 is 2.54 bits per heavy atom. The van der Waals surface area contributed by atoms with Crippen molar-refractivity contribution in [2.45, 2.75) is 71.4 Å². The molecule has 26 heavy (non-hydrogen) atoms. The molecule has 7 nitrogen and oxygen atoms in total. The van der Waals surface area contributed by atoms with Gasteiger partial charge in [-0.1, -0.05) is 13.8 Å². The Morgan fingerprint density at radius 2 is 2.04 bits per heavy atom. The van der Waals surface area contributed by atoms with Crippen LogP contribution in [0.3, 0.4) is 0 Å². The van der Waals surface area contributed by atoms with Gasteiger partial charge >= 0.3 is 6.09 Å². The molecular weight excluding hydrogens is 400 g/mol. The summed E-state index contributed by atoms with van der Waals surface area (Å²) in [7, 11) is 0. The van der Waals surface area contributed by atoms with Crippen molar-refractivity contribution in [3.63, 3.8) is 0 Å². The monoisotopic (exact) mass is 428 g/mol. The number of H-pyrrole nitrogens is 1. The summed E-state index contributed by atoms with van der Waals surface area (Å²) in [4.78, 5) is 26.4. The number of nitrogens with zero attached hydrogens (tertiary/aromatic N) is 2. The van der Waals surface area contributed by atoms with E-state index in [0.29, 0.717) is 29.7 Å². The van der Waals surface area contributed by atoms with E-state index < -0.39 is 5.60 Å². The lowest BCUT2D eigenvalue weighted by Crippen LogP contribution is -2.39. The van der Waals surface area contributed by atoms with E-state index in [4.69, 9.17) is 4.74 Å². The molecule has 2 amide bonds. The summed E-state index contributed by atoms with van der Waals surface area (Å²) in [6.45, 7) is 10.7. The third kappa shape index (κ3) is 5.72. The van der Waals surface area contributed by atoms with Crippen molar-refractivity contribution in [1.29, 1.82) is 0 Å². The zero-order valence-corrected chi connectivity index (χ0v) is 17.8. The second-order valence-corrected chi connectivity index (χ2v) is 8.76. The molecule has 1 fully saturated rings. The summed E-state index contributed by atoms with van der Waals surface area (Å²) in [6, 6.07) is 0.273. The zero-order chi connectivity index (χ0) is 19.5. The molecular formula is C18H29BrN4O3. The molecule has 2 N–H and O–H groups in total. The van der Waals surface area contributed by atoms with Crippen molar-refractivity contribution < 1.29 is 14.3 Å². The second-order valence-electron chi connectivity index (χ2n) is 7.97. The second kappa shape index (κ2) is 8.41. The van der Waals surface area contributed by atoms with Gasteiger partial charge in [-0.3, -0.25) is 9.89 Å². The number of carbonyl (C=O) groups is 2. The van der Waals surface area contributed by atoms with Crippen LogP contribution in [-0.2, 0) is 4.74 Å². The summed E-state index contributed by atoms with van der Waals surface area (Å²) < 4.78 is 6.18. The molecule has 0 radical (unpaired) electrons. The summed E-state index contributed by atoms with van der Waals surface area (Å²) in [5, 5.41) is 9.85. The van der Waals surface area contributed by atoms with Crippen LogP contribution < -0.4 is 5.32 Å². The van der Waals surface area contributed by atoms with Gasteiger partial charge in [-0.25, -0.2) is 4.79 Å². The van der Waals surface area contributed by atoms with Gasteiger partial charge in [-0.05, 0) is 61.9 Å². The first-order valence-corrected chi connectivity index (χ1v) is 9.91. The van der Waals surface area contributed by atoms with Crippen LogP contribution in [0.2, 0.25) is 0 Å². The van der Waals surface area contributed by atoms with Gasteiger partial charge in [0.2, 0.25) is 0 Å². The Bertz CT molecular complexity index is 647. The zero-order valence-electron chi connectivity index (χ0n) is 16.2. The van der Waals surface area contributed by atoms with Gasteiger partial charge in [0.15, 0.2) is 5.69 Å². The molecule has 0 saturated heterocycles. The Labute approximate surface area is 163 Å². The summed E-state index contributed by atoms with van der Waals surface area (Å²) in [5.74, 6) is 0.0228. The number of carbonyl (C=O) groups excluding carboxylic acids is 2. The Balaban J connectivity index is 1.81. The molecule has 146 valence electrons. The van der Waals surface area contributed by atoms with Crippen LogP contribution in [-0.4, -0.2) is 51.8 Å². The predicted molar refractivity (Wildman–Crippen MR) is 103 cm³/mol. The van der Waals surface area contributed by atoms with Gasteiger partial charge in [0.05, 0.1) is 10.2 Å². The quantitative estimate of drug-likeness (QED) is 0.646. The van der Waals surface area contributed by atoms with E-state index in [0.717, 1.165) is 18.5 Å². The summed E-state index contributed by atoms with van der Waals surface area (Å²) >= 11 is 3.43. The van der Waals surface area contributed by atoms with Crippen molar-refractivity contribution in [3.05, 3.63) is 15.9 Å². The van der Waals surface area contributed by atoms with Crippen LogP contribution in [0.4, 0.5) is 4.79 Å². The molecule has 0 aliphatic heterocycles. The maximum absolute atomic E-state index is 12.3. The van der Waals surface area contributed by atoms with Gasteiger partial charge in [0, 0.05) is 19.1 Å². The van der Waals surface area contributed by atoms with Crippen LogP contribution in [0, 0.1) is 0 Å². The summed E-state index contributed by atoms with van der Waals surface area (Å²) in [5.41, 5.74) is 0.763. The number of aromatic nitrogens is 2. The highest BCUT2D eigenvalue weighted by atomic mass is 79.9. The fourth-order valence-electron chi connectivity index (χ4n) is 2.54. The highest BCUT2D eigenvalue weighted by Gasteiger charge is 2.34. The SMILES string of the molecule is CC(C)c1[nH]nc(C(=O)NCCCN(C(=O)OC(C)(C)C)C2CC2)c1Br. The molecule has 0 spiro atoms. The van der Waals surface area contributed by atoms with Crippen molar-refractivity contribution in [1.82, 2.24) is 20.4 Å². The molecule has 0 bridgehead atoms. The van der Waals surface area contributed by atoms with E-state index in [1.54, 1.807) is 4.90 Å². The van der Waals surface area contributed by atoms with Gasteiger partial charge in [0.1, 0.15) is 5.60 Å². The number of ether oxygens (including phenoxy) is 1. The van der Waals surface area contributed by atoms with E-state index in [1.165, 1.54) is 0 Å². The van der Waals surface area contributed by atoms with E-state index in [1.807, 2.05) is 34.6 Å². The number of rotatable bonds is 7. The third-order valence-electron chi connectivity index (χ3n) is 4.00. The molecule has 0 unspecified atom stereocenters. The number of hydrogen-bond donors (Lipinski definition) is 2. The van der Waals surface area contributed by atoms with Crippen molar-refractivity contribution in [3.8, 4) is 0 Å². The number of amides is 2. The largest absolute Gasteiger partial charge is 0.444 e. The number of hydrogen-bond acceptors (Lipinski definition) is 4. The van der Waals surface area contributed by atoms with E-state index in [9.17, 15) is 9.59 Å². The highest BCUT2D eigenvalue weighted by molar-refractivity contribution is 9.10. The molecule has 0 aromatic carbocycles. The lowest BCUT2D eigenvalue weighted by Gasteiger charge is -2.27. The van der Waals surface area contributed by atoms with Crippen LogP contribution >= 0.6 is 15.9 Å². The highest BCUT2D eigenvalue weighted by Crippen LogP contribution is 2.28. The van der Waals surface area contributed by atoms with Crippen LogP contribution in [0.1, 0.15) is 76.0 Å². The first kappa shape index (κ1) is 20.7. The minimum absolute atomic E-state index is 0.227. The van der Waals surface area contributed by atoms with E-state index in [-0.39, 0.29) is 24.0 Å². The fourth-order valence-corrected chi connectivity index (χ4v) is 3.35. The van der Waals surface area contributed by atoms with E-state index in [2.05, 4.69) is 31.4 Å². The first-order valence-electron chi connectivity index (χ1n) is 9.11.